The molecule has 0 bridgehead atoms. The van der Waals surface area contributed by atoms with Crippen LogP contribution in [0, 0.1) is 0 Å². The highest BCUT2D eigenvalue weighted by molar-refractivity contribution is 5.75. The minimum Gasteiger partial charge on any atom is -0.370 e. The fourth-order valence-electron chi connectivity index (χ4n) is 0.645. The molecule has 4 nitrogen and oxygen atoms in total. The number of hydrogen-bond acceptors (Lipinski definition) is 2. The number of unbranched alkanes of at least 4 members (excludes halogenated alkanes) is 1. The van der Waals surface area contributed by atoms with E-state index in [9.17, 15) is 0 Å². The molecule has 11 heavy (non-hydrogen) atoms. The topological polar surface area (TPSA) is 73.6 Å². The Labute approximate surface area is 67.6 Å². The number of nitrogens with two attached hydrogens (primary N) is 2. The normalized spacial score (nSPS) is 12.5. The molecule has 0 radical (unpaired) electrons. The Balaban J connectivity index is 3.37. The average Bonchev–Trinajstić information content (AvgIpc) is 1.86. The summed E-state index contributed by atoms with van der Waals surface area (Å²) in [6, 6.07) is 0. The van der Waals surface area contributed by atoms with Crippen LogP contribution in [0.5, 0.6) is 0 Å². The Kier molecular flexibility index (Phi) is 5.56. The molecule has 0 aliphatic carbocycles. The molecule has 0 aliphatic heterocycles. The predicted octanol–water partition coefficient (Wildman–Crippen LogP) is 0.423. The molecular formula is C7H17N3O. The van der Waals surface area contributed by atoms with Gasteiger partial charge >= 0.3 is 0 Å². The summed E-state index contributed by atoms with van der Waals surface area (Å²) in [4.78, 5) is 3.80. The van der Waals surface area contributed by atoms with Gasteiger partial charge in [-0.2, -0.15) is 0 Å². The van der Waals surface area contributed by atoms with Crippen LogP contribution in [-0.2, 0) is 4.74 Å². The maximum atomic E-state index is 5.25. The van der Waals surface area contributed by atoms with E-state index in [1.165, 1.54) is 0 Å². The van der Waals surface area contributed by atoms with Gasteiger partial charge in [-0.15, -0.1) is 0 Å². The number of hydrogen-bond donors (Lipinski definition) is 2. The van der Waals surface area contributed by atoms with Crippen molar-refractivity contribution >= 4 is 5.96 Å². The third kappa shape index (κ3) is 7.12. The van der Waals surface area contributed by atoms with E-state index in [1.807, 2.05) is 6.92 Å². The van der Waals surface area contributed by atoms with E-state index in [1.54, 1.807) is 0 Å². The molecule has 0 aromatic heterocycles. The summed E-state index contributed by atoms with van der Waals surface area (Å²) in [5.74, 6) is 0.0778. The van der Waals surface area contributed by atoms with Crippen LogP contribution in [0.25, 0.3) is 0 Å². The molecular weight excluding hydrogens is 142 g/mol. The van der Waals surface area contributed by atoms with Gasteiger partial charge in [0.15, 0.2) is 5.96 Å². The first-order valence-corrected chi connectivity index (χ1v) is 3.87. The molecule has 0 rings (SSSR count). The summed E-state index contributed by atoms with van der Waals surface area (Å²) in [6.45, 7) is 4.64. The molecule has 0 spiro atoms. The number of guanidine groups is 1. The number of rotatable bonds is 5. The molecule has 1 unspecified atom stereocenters. The molecule has 0 saturated carbocycles. The number of aliphatic imine (C=N–C) groups is 1. The molecule has 1 atom stereocenters. The first-order chi connectivity index (χ1) is 5.16. The van der Waals surface area contributed by atoms with Crippen LogP contribution in [0.3, 0.4) is 0 Å². The third-order valence-corrected chi connectivity index (χ3v) is 1.19. The Morgan fingerprint density at radius 1 is 1.55 bits per heavy atom. The minimum atomic E-state index is -0.216. The van der Waals surface area contributed by atoms with E-state index in [-0.39, 0.29) is 12.2 Å². The summed E-state index contributed by atoms with van der Waals surface area (Å²) in [6.07, 6.45) is 1.95. The van der Waals surface area contributed by atoms with Gasteiger partial charge in [0, 0.05) is 6.61 Å². The van der Waals surface area contributed by atoms with E-state index >= 15 is 0 Å². The van der Waals surface area contributed by atoms with Crippen molar-refractivity contribution < 1.29 is 4.74 Å². The van der Waals surface area contributed by atoms with Crippen LogP contribution in [0.4, 0.5) is 0 Å². The standard InChI is InChI=1S/C7H17N3O/c1-3-4-5-11-6(2)10-7(8)9/h6H,3-5H2,1-2H3,(H4,8,9,10). The predicted molar refractivity (Wildman–Crippen MR) is 46.1 cm³/mol. The van der Waals surface area contributed by atoms with Gasteiger partial charge in [-0.05, 0) is 13.3 Å². The van der Waals surface area contributed by atoms with Crippen molar-refractivity contribution in [1.29, 1.82) is 0 Å². The molecule has 0 saturated heterocycles. The molecule has 0 aromatic carbocycles. The van der Waals surface area contributed by atoms with Crippen molar-refractivity contribution in [1.82, 2.24) is 0 Å². The maximum Gasteiger partial charge on any atom is 0.188 e. The van der Waals surface area contributed by atoms with Gasteiger partial charge in [0.25, 0.3) is 0 Å². The second-order valence-corrected chi connectivity index (χ2v) is 2.38. The Hall–Kier alpha value is -0.770. The van der Waals surface area contributed by atoms with Gasteiger partial charge in [0.05, 0.1) is 0 Å². The highest BCUT2D eigenvalue weighted by atomic mass is 16.5. The van der Waals surface area contributed by atoms with Crippen LogP contribution in [0.1, 0.15) is 26.7 Å². The fraction of sp³-hybridized carbons (Fsp3) is 0.857. The van der Waals surface area contributed by atoms with Crippen molar-refractivity contribution in [3.63, 3.8) is 0 Å². The smallest absolute Gasteiger partial charge is 0.188 e. The van der Waals surface area contributed by atoms with Crippen LogP contribution in [0.2, 0.25) is 0 Å². The van der Waals surface area contributed by atoms with Crippen molar-refractivity contribution in [3.8, 4) is 0 Å². The minimum absolute atomic E-state index is 0.0778. The highest BCUT2D eigenvalue weighted by Crippen LogP contribution is 1.95. The summed E-state index contributed by atoms with van der Waals surface area (Å²) < 4.78 is 5.25. The van der Waals surface area contributed by atoms with E-state index in [0.717, 1.165) is 12.8 Å². The molecule has 0 amide bonds. The molecule has 0 heterocycles. The maximum absolute atomic E-state index is 5.25. The monoisotopic (exact) mass is 159 g/mol. The first kappa shape index (κ1) is 10.2. The molecule has 4 heteroatoms. The summed E-state index contributed by atoms with van der Waals surface area (Å²) in [5.41, 5.74) is 10.3. The highest BCUT2D eigenvalue weighted by Gasteiger charge is 1.96. The van der Waals surface area contributed by atoms with Gasteiger partial charge in [0.1, 0.15) is 6.23 Å². The van der Waals surface area contributed by atoms with Gasteiger partial charge in [-0.25, -0.2) is 4.99 Å². The second-order valence-electron chi connectivity index (χ2n) is 2.38. The zero-order valence-electron chi connectivity index (χ0n) is 7.21. The summed E-state index contributed by atoms with van der Waals surface area (Å²) in [7, 11) is 0. The van der Waals surface area contributed by atoms with Crippen LogP contribution in [-0.4, -0.2) is 18.8 Å². The van der Waals surface area contributed by atoms with Gasteiger partial charge in [0.2, 0.25) is 0 Å². The number of nitrogens with zero attached hydrogens (tertiary/aromatic N) is 1. The lowest BCUT2D eigenvalue weighted by Gasteiger charge is -2.07. The largest absolute Gasteiger partial charge is 0.370 e. The average molecular weight is 159 g/mol. The molecule has 0 aliphatic rings. The lowest BCUT2D eigenvalue weighted by molar-refractivity contribution is 0.0702. The van der Waals surface area contributed by atoms with Gasteiger partial charge in [-0.1, -0.05) is 13.3 Å². The molecule has 0 aromatic rings. The second kappa shape index (κ2) is 5.97. The first-order valence-electron chi connectivity index (χ1n) is 3.87. The van der Waals surface area contributed by atoms with E-state index < -0.39 is 0 Å². The molecule has 4 N–H and O–H groups in total. The van der Waals surface area contributed by atoms with Gasteiger partial charge < -0.3 is 16.2 Å². The Morgan fingerprint density at radius 3 is 2.64 bits per heavy atom. The zero-order chi connectivity index (χ0) is 8.69. The zero-order valence-corrected chi connectivity index (χ0v) is 7.21. The van der Waals surface area contributed by atoms with E-state index in [0.29, 0.717) is 6.61 Å². The fourth-order valence-corrected chi connectivity index (χ4v) is 0.645. The summed E-state index contributed by atoms with van der Waals surface area (Å²) >= 11 is 0. The van der Waals surface area contributed by atoms with Crippen molar-refractivity contribution in [2.45, 2.75) is 32.9 Å². The van der Waals surface area contributed by atoms with E-state index in [4.69, 9.17) is 16.2 Å². The quantitative estimate of drug-likeness (QED) is 0.347. The van der Waals surface area contributed by atoms with E-state index in [2.05, 4.69) is 11.9 Å². The van der Waals surface area contributed by atoms with Crippen molar-refractivity contribution in [2.24, 2.45) is 16.5 Å². The third-order valence-electron chi connectivity index (χ3n) is 1.19. The van der Waals surface area contributed by atoms with Crippen LogP contribution < -0.4 is 11.5 Å². The Bertz CT molecular complexity index is 121. The molecule has 0 fully saturated rings. The lowest BCUT2D eigenvalue weighted by atomic mass is 10.4. The Morgan fingerprint density at radius 2 is 2.18 bits per heavy atom. The SMILES string of the molecule is CCCCOC(C)N=C(N)N. The number of ether oxygens (including phenoxy) is 1. The van der Waals surface area contributed by atoms with Gasteiger partial charge in [-0.3, -0.25) is 0 Å². The van der Waals surface area contributed by atoms with Crippen LogP contribution in [0.15, 0.2) is 4.99 Å². The van der Waals surface area contributed by atoms with Crippen molar-refractivity contribution in [2.75, 3.05) is 6.61 Å². The molecule has 66 valence electrons. The van der Waals surface area contributed by atoms with Crippen molar-refractivity contribution in [3.05, 3.63) is 0 Å². The lowest BCUT2D eigenvalue weighted by Crippen LogP contribution is -2.25. The summed E-state index contributed by atoms with van der Waals surface area (Å²) in [5, 5.41) is 0. The van der Waals surface area contributed by atoms with Crippen LogP contribution >= 0.6 is 0 Å².